The Bertz CT molecular complexity index is 1200. The van der Waals surface area contributed by atoms with Crippen molar-refractivity contribution in [3.8, 4) is 0 Å². The lowest BCUT2D eigenvalue weighted by Crippen LogP contribution is -2.40. The Balaban J connectivity index is 1.23. The third kappa shape index (κ3) is 4.26. The van der Waals surface area contributed by atoms with Crippen LogP contribution in [0.4, 0.5) is 0 Å². The largest absolute Gasteiger partial charge is 0.299 e. The molecule has 3 aliphatic rings. The minimum atomic E-state index is -0.0489. The lowest BCUT2D eigenvalue weighted by molar-refractivity contribution is -0.134. The summed E-state index contributed by atoms with van der Waals surface area (Å²) in [5.41, 5.74) is 3.24. The molecule has 34 heavy (non-hydrogen) atoms. The maximum Gasteiger partial charge on any atom is 0.257 e. The van der Waals surface area contributed by atoms with Crippen molar-refractivity contribution in [1.82, 2.24) is 14.8 Å². The van der Waals surface area contributed by atoms with Crippen LogP contribution >= 0.6 is 0 Å². The molecule has 3 aromatic carbocycles. The molecule has 0 N–H and O–H groups in total. The van der Waals surface area contributed by atoms with Crippen LogP contribution in [-0.2, 0) is 4.79 Å². The van der Waals surface area contributed by atoms with Gasteiger partial charge in [0.05, 0.1) is 18.3 Å². The Kier molecular flexibility index (Phi) is 5.90. The van der Waals surface area contributed by atoms with Gasteiger partial charge in [-0.2, -0.15) is 5.10 Å². The zero-order valence-electron chi connectivity index (χ0n) is 19.6. The van der Waals surface area contributed by atoms with E-state index in [0.29, 0.717) is 12.6 Å². The number of amides is 1. The summed E-state index contributed by atoms with van der Waals surface area (Å²) in [6.07, 6.45) is 4.54. The van der Waals surface area contributed by atoms with Crippen LogP contribution in [0, 0.1) is 0 Å². The molecule has 2 unspecified atom stereocenters. The molecule has 2 saturated heterocycles. The van der Waals surface area contributed by atoms with Gasteiger partial charge in [0.15, 0.2) is 0 Å². The Morgan fingerprint density at radius 2 is 1.65 bits per heavy atom. The molecule has 2 atom stereocenters. The minimum Gasteiger partial charge on any atom is -0.299 e. The van der Waals surface area contributed by atoms with Crippen molar-refractivity contribution in [3.05, 3.63) is 83.9 Å². The standard InChI is InChI=1S/C29H32N4O/c34-29(21-31-17-14-26(20-31)32-15-6-7-16-32)33-28(23-9-2-1-3-10-23)19-27(30-33)25-13-12-22-8-4-5-11-24(22)18-25/h1-5,8-13,18,26,28H,6-7,14-17,19-21H2. The fourth-order valence-electron chi connectivity index (χ4n) is 5.84. The molecular weight excluding hydrogens is 420 g/mol. The summed E-state index contributed by atoms with van der Waals surface area (Å²) in [7, 11) is 0. The van der Waals surface area contributed by atoms with Crippen molar-refractivity contribution in [2.45, 2.75) is 37.8 Å². The van der Waals surface area contributed by atoms with Crippen molar-refractivity contribution in [1.29, 1.82) is 0 Å². The van der Waals surface area contributed by atoms with Crippen LogP contribution < -0.4 is 0 Å². The number of carbonyl (C=O) groups is 1. The van der Waals surface area contributed by atoms with E-state index in [4.69, 9.17) is 5.10 Å². The van der Waals surface area contributed by atoms with Gasteiger partial charge in [0, 0.05) is 25.6 Å². The van der Waals surface area contributed by atoms with Gasteiger partial charge in [-0.1, -0.05) is 66.7 Å². The summed E-state index contributed by atoms with van der Waals surface area (Å²) in [4.78, 5) is 18.5. The molecule has 6 rings (SSSR count). The van der Waals surface area contributed by atoms with E-state index >= 15 is 0 Å². The van der Waals surface area contributed by atoms with Gasteiger partial charge in [-0.3, -0.25) is 14.6 Å². The SMILES string of the molecule is O=C(CN1CCC(N2CCCC2)C1)N1N=C(c2ccc3ccccc3c2)CC1c1ccccc1. The molecule has 174 valence electrons. The van der Waals surface area contributed by atoms with Crippen LogP contribution in [0.1, 0.15) is 42.9 Å². The average molecular weight is 453 g/mol. The van der Waals surface area contributed by atoms with E-state index in [9.17, 15) is 4.79 Å². The van der Waals surface area contributed by atoms with Crippen molar-refractivity contribution in [2.24, 2.45) is 5.10 Å². The quantitative estimate of drug-likeness (QED) is 0.564. The number of nitrogens with zero attached hydrogens (tertiary/aromatic N) is 4. The fraction of sp³-hybridized carbons (Fsp3) is 0.379. The molecule has 0 aromatic heterocycles. The van der Waals surface area contributed by atoms with E-state index in [1.807, 2.05) is 18.2 Å². The molecule has 0 radical (unpaired) electrons. The lowest BCUT2D eigenvalue weighted by atomic mass is 9.97. The summed E-state index contributed by atoms with van der Waals surface area (Å²) in [5, 5.41) is 9.12. The van der Waals surface area contributed by atoms with Gasteiger partial charge in [0.25, 0.3) is 5.91 Å². The first-order valence-electron chi connectivity index (χ1n) is 12.6. The molecule has 2 fully saturated rings. The van der Waals surface area contributed by atoms with Crippen molar-refractivity contribution in [2.75, 3.05) is 32.7 Å². The number of hydrogen-bond donors (Lipinski definition) is 0. The molecule has 1 amide bonds. The van der Waals surface area contributed by atoms with Gasteiger partial charge in [-0.25, -0.2) is 5.01 Å². The van der Waals surface area contributed by atoms with Crippen LogP contribution in [0.2, 0.25) is 0 Å². The molecule has 0 spiro atoms. The van der Waals surface area contributed by atoms with Crippen LogP contribution in [0.15, 0.2) is 77.9 Å². The highest BCUT2D eigenvalue weighted by Gasteiger charge is 2.36. The predicted octanol–water partition coefficient (Wildman–Crippen LogP) is 4.69. The highest BCUT2D eigenvalue weighted by molar-refractivity contribution is 6.05. The Labute approximate surface area is 201 Å². The smallest absolute Gasteiger partial charge is 0.257 e. The van der Waals surface area contributed by atoms with Gasteiger partial charge in [0.1, 0.15) is 0 Å². The van der Waals surface area contributed by atoms with E-state index in [1.54, 1.807) is 5.01 Å². The third-order valence-electron chi connectivity index (χ3n) is 7.70. The van der Waals surface area contributed by atoms with Crippen LogP contribution in [0.3, 0.4) is 0 Å². The Hall–Kier alpha value is -3.02. The van der Waals surface area contributed by atoms with E-state index < -0.39 is 0 Å². The fourth-order valence-corrected chi connectivity index (χ4v) is 5.84. The molecule has 0 saturated carbocycles. The number of rotatable bonds is 5. The highest BCUT2D eigenvalue weighted by atomic mass is 16.2. The maximum atomic E-state index is 13.6. The summed E-state index contributed by atoms with van der Waals surface area (Å²) < 4.78 is 0. The molecule has 5 nitrogen and oxygen atoms in total. The molecule has 5 heteroatoms. The molecule has 0 aliphatic carbocycles. The maximum absolute atomic E-state index is 13.6. The summed E-state index contributed by atoms with van der Waals surface area (Å²) >= 11 is 0. The molecule has 3 aliphatic heterocycles. The minimum absolute atomic E-state index is 0.0489. The van der Waals surface area contributed by atoms with E-state index in [-0.39, 0.29) is 11.9 Å². The highest BCUT2D eigenvalue weighted by Crippen LogP contribution is 2.34. The van der Waals surface area contributed by atoms with Crippen molar-refractivity contribution < 1.29 is 4.79 Å². The van der Waals surface area contributed by atoms with Crippen molar-refractivity contribution >= 4 is 22.4 Å². The zero-order chi connectivity index (χ0) is 22.9. The number of hydrogen-bond acceptors (Lipinski definition) is 4. The van der Waals surface area contributed by atoms with Crippen LogP contribution in [0.5, 0.6) is 0 Å². The number of hydrazone groups is 1. The second kappa shape index (κ2) is 9.32. The van der Waals surface area contributed by atoms with Gasteiger partial charge in [-0.05, 0) is 60.3 Å². The number of carbonyl (C=O) groups excluding carboxylic acids is 1. The topological polar surface area (TPSA) is 39.2 Å². The Morgan fingerprint density at radius 3 is 2.47 bits per heavy atom. The number of likely N-dealkylation sites (tertiary alicyclic amines) is 2. The second-order valence-electron chi connectivity index (χ2n) is 9.90. The molecule has 0 bridgehead atoms. The summed E-state index contributed by atoms with van der Waals surface area (Å²) in [6, 6.07) is 25.8. The monoisotopic (exact) mass is 452 g/mol. The van der Waals surface area contributed by atoms with Gasteiger partial charge in [-0.15, -0.1) is 0 Å². The zero-order valence-corrected chi connectivity index (χ0v) is 19.6. The van der Waals surface area contributed by atoms with E-state index in [1.165, 1.54) is 43.1 Å². The van der Waals surface area contributed by atoms with Gasteiger partial charge < -0.3 is 0 Å². The molecular formula is C29H32N4O. The van der Waals surface area contributed by atoms with Crippen LogP contribution in [0.25, 0.3) is 10.8 Å². The molecule has 3 aromatic rings. The number of benzene rings is 3. The lowest BCUT2D eigenvalue weighted by Gasteiger charge is -2.26. The summed E-state index contributed by atoms with van der Waals surface area (Å²) in [5.74, 6) is 0.103. The first-order valence-corrected chi connectivity index (χ1v) is 12.6. The molecule has 3 heterocycles. The van der Waals surface area contributed by atoms with Crippen molar-refractivity contribution in [3.63, 3.8) is 0 Å². The first kappa shape index (κ1) is 21.5. The third-order valence-corrected chi connectivity index (χ3v) is 7.70. The van der Waals surface area contributed by atoms with Gasteiger partial charge >= 0.3 is 0 Å². The average Bonchev–Trinajstić information content (AvgIpc) is 3.65. The van der Waals surface area contributed by atoms with E-state index in [0.717, 1.165) is 36.3 Å². The Morgan fingerprint density at radius 1 is 0.882 bits per heavy atom. The predicted molar refractivity (Wildman–Crippen MR) is 137 cm³/mol. The normalized spacial score (nSPS) is 23.6. The van der Waals surface area contributed by atoms with E-state index in [2.05, 4.69) is 64.4 Å². The van der Waals surface area contributed by atoms with Gasteiger partial charge in [0.2, 0.25) is 0 Å². The second-order valence-corrected chi connectivity index (χ2v) is 9.90. The summed E-state index contributed by atoms with van der Waals surface area (Å²) in [6.45, 7) is 4.87. The number of fused-ring (bicyclic) bond motifs is 1. The first-order chi connectivity index (χ1) is 16.7. The van der Waals surface area contributed by atoms with Crippen LogP contribution in [-0.4, -0.2) is 65.2 Å².